The van der Waals surface area contributed by atoms with Gasteiger partial charge in [0.1, 0.15) is 0 Å². The number of rotatable bonds is 1. The molecule has 3 N–H and O–H groups in total. The highest BCUT2D eigenvalue weighted by molar-refractivity contribution is 9.10. The van der Waals surface area contributed by atoms with Crippen LogP contribution in [0, 0.1) is 0 Å². The van der Waals surface area contributed by atoms with E-state index < -0.39 is 6.16 Å². The van der Waals surface area contributed by atoms with E-state index in [1.807, 2.05) is 0 Å². The van der Waals surface area contributed by atoms with Crippen LogP contribution in [0.2, 0.25) is 0 Å². The first-order valence-corrected chi connectivity index (χ1v) is 6.42. The predicted molar refractivity (Wildman–Crippen MR) is 72.6 cm³/mol. The number of halogens is 1. The average Bonchev–Trinajstić information content (AvgIpc) is 2.39. The molecule has 0 spiro atoms. The molecule has 0 bridgehead atoms. The Morgan fingerprint density at radius 1 is 1.40 bits per heavy atom. The summed E-state index contributed by atoms with van der Waals surface area (Å²) >= 11 is 3.12. The Morgan fingerprint density at radius 3 is 2.50 bits per heavy atom. The number of nitrogens with two attached hydrogens (primary N) is 1. The Hall–Kier alpha value is -1.87. The Morgan fingerprint density at radius 2 is 2.05 bits per heavy atom. The van der Waals surface area contributed by atoms with Gasteiger partial charge in [0.25, 0.3) is 0 Å². The normalized spacial score (nSPS) is 13.9. The molecule has 2 rings (SSSR count). The second-order valence-corrected chi connectivity index (χ2v) is 4.56. The van der Waals surface area contributed by atoms with E-state index in [2.05, 4.69) is 25.7 Å². The van der Waals surface area contributed by atoms with Gasteiger partial charge in [-0.25, -0.2) is 9.59 Å². The largest absolute Gasteiger partial charge is 0.511 e. The molecule has 0 unspecified atom stereocenters. The number of amides is 2. The van der Waals surface area contributed by atoms with E-state index in [9.17, 15) is 9.59 Å². The number of hydrogen-bond acceptors (Lipinski definition) is 5. The lowest BCUT2D eigenvalue weighted by atomic mass is 10.4. The summed E-state index contributed by atoms with van der Waals surface area (Å²) in [7, 11) is 0. The predicted octanol–water partition coefficient (Wildman–Crippen LogP) is 1.30. The highest BCUT2D eigenvalue weighted by Crippen LogP contribution is 2.15. The Bertz CT molecular complexity index is 465. The number of morpholine rings is 1. The molecule has 1 aromatic heterocycles. The van der Waals surface area contributed by atoms with E-state index in [0.717, 1.165) is 0 Å². The van der Waals surface area contributed by atoms with Crippen LogP contribution in [0.4, 0.5) is 9.59 Å². The highest BCUT2D eigenvalue weighted by atomic mass is 79.9. The van der Waals surface area contributed by atoms with Gasteiger partial charge < -0.3 is 25.2 Å². The van der Waals surface area contributed by atoms with Crippen molar-refractivity contribution >= 4 is 28.1 Å². The number of aromatic nitrogens is 1. The van der Waals surface area contributed by atoms with Crippen LogP contribution in [0.1, 0.15) is 0 Å². The Balaban J connectivity index is 0.000000204. The molecule has 0 radical (unpaired) electrons. The molecular weight excluding hydrogens is 334 g/mol. The fourth-order valence-corrected chi connectivity index (χ4v) is 1.68. The Labute approximate surface area is 123 Å². The standard InChI is InChI=1S/C6H4BrNO3.C5H10N2O2/c7-4-1-5(3-8-2-4)11-6(9)10;6-5(8)7-1-3-9-4-2-7/h1-3H,(H,9,10);1-4H2,(H2,6,8). The molecule has 1 fully saturated rings. The van der Waals surface area contributed by atoms with Crippen LogP contribution in [0.3, 0.4) is 0 Å². The van der Waals surface area contributed by atoms with E-state index in [1.165, 1.54) is 18.5 Å². The summed E-state index contributed by atoms with van der Waals surface area (Å²) in [6, 6.07) is 1.17. The van der Waals surface area contributed by atoms with Crippen molar-refractivity contribution < 1.29 is 24.2 Å². The summed E-state index contributed by atoms with van der Waals surface area (Å²) in [5.41, 5.74) is 5.00. The van der Waals surface area contributed by atoms with Crippen LogP contribution in [0.25, 0.3) is 0 Å². The van der Waals surface area contributed by atoms with Crippen molar-refractivity contribution in [2.45, 2.75) is 0 Å². The summed E-state index contributed by atoms with van der Waals surface area (Å²) in [6.07, 6.45) is 1.51. The van der Waals surface area contributed by atoms with Crippen molar-refractivity contribution in [1.29, 1.82) is 0 Å². The average molecular weight is 348 g/mol. The van der Waals surface area contributed by atoms with Gasteiger partial charge in [0.2, 0.25) is 0 Å². The summed E-state index contributed by atoms with van der Waals surface area (Å²) < 4.78 is 10.00. The fraction of sp³-hybridized carbons (Fsp3) is 0.364. The Kier molecular flexibility index (Phi) is 6.74. The minimum absolute atomic E-state index is 0.201. The molecule has 1 aliphatic heterocycles. The van der Waals surface area contributed by atoms with Crippen molar-refractivity contribution in [3.63, 3.8) is 0 Å². The van der Waals surface area contributed by atoms with Crippen molar-refractivity contribution in [1.82, 2.24) is 9.88 Å². The van der Waals surface area contributed by atoms with Gasteiger partial charge in [0, 0.05) is 23.8 Å². The quantitative estimate of drug-likeness (QED) is 0.739. The van der Waals surface area contributed by atoms with Gasteiger partial charge in [-0.1, -0.05) is 0 Å². The number of nitrogens with zero attached hydrogens (tertiary/aromatic N) is 2. The third-order valence-electron chi connectivity index (χ3n) is 2.21. The number of ether oxygens (including phenoxy) is 2. The smallest absolute Gasteiger partial charge is 0.449 e. The molecule has 0 aliphatic carbocycles. The van der Waals surface area contributed by atoms with Gasteiger partial charge in [-0.05, 0) is 22.0 Å². The first-order valence-electron chi connectivity index (χ1n) is 5.62. The summed E-state index contributed by atoms with van der Waals surface area (Å²) in [5, 5.41) is 8.19. The van der Waals surface area contributed by atoms with E-state index in [0.29, 0.717) is 30.8 Å². The fourth-order valence-electron chi connectivity index (χ4n) is 1.33. The van der Waals surface area contributed by atoms with Gasteiger partial charge in [0.05, 0.1) is 19.4 Å². The number of pyridine rings is 1. The first-order chi connectivity index (χ1) is 9.49. The van der Waals surface area contributed by atoms with Crippen molar-refractivity contribution in [3.05, 3.63) is 22.9 Å². The molecule has 8 nitrogen and oxygen atoms in total. The van der Waals surface area contributed by atoms with E-state index in [4.69, 9.17) is 15.6 Å². The van der Waals surface area contributed by atoms with Crippen LogP contribution in [-0.2, 0) is 4.74 Å². The zero-order valence-electron chi connectivity index (χ0n) is 10.5. The van der Waals surface area contributed by atoms with Crippen LogP contribution in [0.5, 0.6) is 5.75 Å². The zero-order valence-corrected chi connectivity index (χ0v) is 12.1. The molecule has 2 heterocycles. The van der Waals surface area contributed by atoms with Crippen molar-refractivity contribution in [2.75, 3.05) is 26.3 Å². The number of hydrogen-bond donors (Lipinski definition) is 2. The highest BCUT2D eigenvalue weighted by Gasteiger charge is 2.12. The van der Waals surface area contributed by atoms with Gasteiger partial charge in [-0.2, -0.15) is 0 Å². The maximum Gasteiger partial charge on any atom is 0.511 e. The van der Waals surface area contributed by atoms with Crippen molar-refractivity contribution in [2.24, 2.45) is 5.73 Å². The monoisotopic (exact) mass is 347 g/mol. The molecule has 2 amide bonds. The molecule has 20 heavy (non-hydrogen) atoms. The minimum Gasteiger partial charge on any atom is -0.449 e. The topological polar surface area (TPSA) is 115 Å². The summed E-state index contributed by atoms with van der Waals surface area (Å²) in [6.45, 7) is 2.50. The second-order valence-electron chi connectivity index (χ2n) is 3.64. The maximum atomic E-state index is 10.4. The molecular formula is C11H14BrN3O5. The van der Waals surface area contributed by atoms with Crippen LogP contribution < -0.4 is 10.5 Å². The van der Waals surface area contributed by atoms with Crippen LogP contribution >= 0.6 is 15.9 Å². The number of primary amides is 1. The molecule has 9 heteroatoms. The van der Waals surface area contributed by atoms with Crippen molar-refractivity contribution in [3.8, 4) is 5.75 Å². The summed E-state index contributed by atoms with van der Waals surface area (Å²) in [4.78, 5) is 25.7. The SMILES string of the molecule is NC(=O)N1CCOCC1.O=C(O)Oc1cncc(Br)c1. The number of carbonyl (C=O) groups is 2. The van der Waals surface area contributed by atoms with Crippen LogP contribution in [-0.4, -0.2) is 53.5 Å². The summed E-state index contributed by atoms with van der Waals surface area (Å²) in [5.74, 6) is 0.201. The lowest BCUT2D eigenvalue weighted by Crippen LogP contribution is -2.43. The third-order valence-corrected chi connectivity index (χ3v) is 2.64. The first kappa shape index (κ1) is 16.2. The van der Waals surface area contributed by atoms with Gasteiger partial charge in [-0.3, -0.25) is 4.98 Å². The molecule has 0 saturated carbocycles. The molecule has 1 aromatic rings. The lowest BCUT2D eigenvalue weighted by molar-refractivity contribution is 0.0554. The molecule has 1 saturated heterocycles. The van der Waals surface area contributed by atoms with Gasteiger partial charge >= 0.3 is 12.2 Å². The second kappa shape index (κ2) is 8.33. The maximum absolute atomic E-state index is 10.4. The van der Waals surface area contributed by atoms with Crippen LogP contribution in [0.15, 0.2) is 22.9 Å². The van der Waals surface area contributed by atoms with E-state index >= 15 is 0 Å². The molecule has 1 aliphatic rings. The molecule has 0 atom stereocenters. The lowest BCUT2D eigenvalue weighted by Gasteiger charge is -2.24. The van der Waals surface area contributed by atoms with E-state index in [1.54, 1.807) is 4.90 Å². The number of urea groups is 1. The number of carboxylic acid groups (broad SMARTS) is 1. The molecule has 0 aromatic carbocycles. The molecule has 110 valence electrons. The van der Waals surface area contributed by atoms with Gasteiger partial charge in [0.15, 0.2) is 5.75 Å². The van der Waals surface area contributed by atoms with Gasteiger partial charge in [-0.15, -0.1) is 0 Å². The minimum atomic E-state index is -1.34. The zero-order chi connectivity index (χ0) is 15.0. The number of carbonyl (C=O) groups excluding carboxylic acids is 1. The third kappa shape index (κ3) is 6.34. The van der Waals surface area contributed by atoms with E-state index in [-0.39, 0.29) is 11.8 Å².